The first-order valence-corrected chi connectivity index (χ1v) is 8.22. The van der Waals surface area contributed by atoms with E-state index in [1.165, 1.54) is 5.69 Å². The Morgan fingerprint density at radius 1 is 1.20 bits per heavy atom. The van der Waals surface area contributed by atoms with Crippen molar-refractivity contribution >= 4 is 15.9 Å². The second kappa shape index (κ2) is 7.54. The van der Waals surface area contributed by atoms with Crippen LogP contribution in [0.25, 0.3) is 0 Å². The molecule has 0 amide bonds. The normalized spacial score (nSPS) is 18.4. The zero-order valence-electron chi connectivity index (χ0n) is 12.5. The van der Waals surface area contributed by atoms with Crippen molar-refractivity contribution < 1.29 is 5.11 Å². The van der Waals surface area contributed by atoms with Crippen molar-refractivity contribution in [1.29, 1.82) is 0 Å². The monoisotopic (exact) mass is 344 g/mol. The summed E-state index contributed by atoms with van der Waals surface area (Å²) < 4.78 is 3.24. The Morgan fingerprint density at radius 3 is 2.60 bits per heavy atom. The van der Waals surface area contributed by atoms with Crippen molar-refractivity contribution in [3.8, 4) is 0 Å². The summed E-state index contributed by atoms with van der Waals surface area (Å²) >= 11 is 3.67. The summed E-state index contributed by atoms with van der Waals surface area (Å²) in [6.07, 6.45) is 1.16. The van der Waals surface area contributed by atoms with E-state index in [1.807, 2.05) is 6.92 Å². The number of β-amino-alcohol motifs (C(OH)–C–C–N with tert-alkyl or cyclic N) is 1. The van der Waals surface area contributed by atoms with Crippen LogP contribution in [-0.2, 0) is 13.1 Å². The van der Waals surface area contributed by atoms with Gasteiger partial charge in [0.2, 0.25) is 0 Å². The van der Waals surface area contributed by atoms with E-state index < -0.39 is 0 Å². The molecule has 1 fully saturated rings. The number of aryl methyl sites for hydroxylation is 2. The predicted octanol–water partition coefficient (Wildman–Crippen LogP) is 1.47. The highest BCUT2D eigenvalue weighted by atomic mass is 79.9. The third-order valence-corrected chi connectivity index (χ3v) is 4.96. The average Bonchev–Trinajstić information content (AvgIpc) is 2.61. The number of aromatic nitrogens is 2. The summed E-state index contributed by atoms with van der Waals surface area (Å²) in [4.78, 5) is 4.84. The number of hydrogen-bond donors (Lipinski definition) is 1. The minimum Gasteiger partial charge on any atom is -0.395 e. The Hall–Kier alpha value is -0.430. The highest BCUT2D eigenvalue weighted by Gasteiger charge is 2.18. The molecule has 1 saturated heterocycles. The molecule has 1 aliphatic rings. The molecule has 0 atom stereocenters. The standard InChI is InChI=1S/C14H25BrN4O/c1-3-19-13(14(15)12(2)16-19)11-18-6-4-5-17(7-8-18)9-10-20/h20H,3-11H2,1-2H3. The maximum absolute atomic E-state index is 9.05. The van der Waals surface area contributed by atoms with Gasteiger partial charge in [0.1, 0.15) is 0 Å². The van der Waals surface area contributed by atoms with Crippen molar-refractivity contribution in [3.63, 3.8) is 0 Å². The molecule has 1 aromatic rings. The third-order valence-electron chi connectivity index (χ3n) is 3.92. The van der Waals surface area contributed by atoms with Crippen LogP contribution in [-0.4, -0.2) is 64.0 Å². The number of halogens is 1. The molecule has 0 unspecified atom stereocenters. The Kier molecular flexibility index (Phi) is 6.01. The summed E-state index contributed by atoms with van der Waals surface area (Å²) in [6.45, 7) is 11.4. The quantitative estimate of drug-likeness (QED) is 0.878. The maximum Gasteiger partial charge on any atom is 0.0739 e. The van der Waals surface area contributed by atoms with E-state index in [0.29, 0.717) is 0 Å². The largest absolute Gasteiger partial charge is 0.395 e. The van der Waals surface area contributed by atoms with E-state index in [9.17, 15) is 0 Å². The van der Waals surface area contributed by atoms with Crippen molar-refractivity contribution in [2.75, 3.05) is 39.3 Å². The zero-order chi connectivity index (χ0) is 14.5. The molecule has 2 rings (SSSR count). The molecule has 6 heteroatoms. The molecule has 0 aliphatic carbocycles. The van der Waals surface area contributed by atoms with Gasteiger partial charge in [0.15, 0.2) is 0 Å². The third kappa shape index (κ3) is 3.81. The second-order valence-corrected chi connectivity index (χ2v) is 6.15. The average molecular weight is 345 g/mol. The Labute approximate surface area is 129 Å². The predicted molar refractivity (Wildman–Crippen MR) is 83.8 cm³/mol. The molecule has 1 aromatic heterocycles. The molecular weight excluding hydrogens is 320 g/mol. The molecule has 0 bridgehead atoms. The van der Waals surface area contributed by atoms with Gasteiger partial charge >= 0.3 is 0 Å². The molecule has 2 heterocycles. The van der Waals surface area contributed by atoms with Crippen LogP contribution in [0.4, 0.5) is 0 Å². The minimum absolute atomic E-state index is 0.257. The number of hydrogen-bond acceptors (Lipinski definition) is 4. The Bertz CT molecular complexity index is 435. The fourth-order valence-electron chi connectivity index (χ4n) is 2.78. The molecule has 0 saturated carbocycles. The Balaban J connectivity index is 2.00. The van der Waals surface area contributed by atoms with E-state index in [1.54, 1.807) is 0 Å². The van der Waals surface area contributed by atoms with E-state index in [0.717, 1.165) is 62.4 Å². The molecule has 20 heavy (non-hydrogen) atoms. The van der Waals surface area contributed by atoms with Crippen molar-refractivity contribution in [1.82, 2.24) is 19.6 Å². The van der Waals surface area contributed by atoms with Gasteiger partial charge in [0.25, 0.3) is 0 Å². The second-order valence-electron chi connectivity index (χ2n) is 5.36. The van der Waals surface area contributed by atoms with Gasteiger partial charge in [-0.2, -0.15) is 5.10 Å². The van der Waals surface area contributed by atoms with Gasteiger partial charge in [-0.25, -0.2) is 0 Å². The molecule has 0 spiro atoms. The molecule has 114 valence electrons. The smallest absolute Gasteiger partial charge is 0.0739 e. The van der Waals surface area contributed by atoms with Gasteiger partial charge in [0.05, 0.1) is 22.5 Å². The van der Waals surface area contributed by atoms with E-state index in [-0.39, 0.29) is 6.61 Å². The Morgan fingerprint density at radius 2 is 1.90 bits per heavy atom. The number of rotatable bonds is 5. The van der Waals surface area contributed by atoms with Crippen molar-refractivity contribution in [3.05, 3.63) is 15.9 Å². The molecule has 0 radical (unpaired) electrons. The molecule has 1 N–H and O–H groups in total. The first-order chi connectivity index (χ1) is 9.65. The summed E-state index contributed by atoms with van der Waals surface area (Å²) in [7, 11) is 0. The fourth-order valence-corrected chi connectivity index (χ4v) is 3.19. The maximum atomic E-state index is 9.05. The highest BCUT2D eigenvalue weighted by Crippen LogP contribution is 2.23. The van der Waals surface area contributed by atoms with Crippen LogP contribution in [0, 0.1) is 6.92 Å². The lowest BCUT2D eigenvalue weighted by molar-refractivity contribution is 0.195. The number of aliphatic hydroxyl groups excluding tert-OH is 1. The SMILES string of the molecule is CCn1nc(C)c(Br)c1CN1CCCN(CCO)CC1. The number of aliphatic hydroxyl groups is 1. The summed E-state index contributed by atoms with van der Waals surface area (Å²) in [5, 5.41) is 13.6. The van der Waals surface area contributed by atoms with Crippen LogP contribution in [0.5, 0.6) is 0 Å². The summed E-state index contributed by atoms with van der Waals surface area (Å²) in [6, 6.07) is 0. The van der Waals surface area contributed by atoms with Gasteiger partial charge in [-0.3, -0.25) is 14.5 Å². The van der Waals surface area contributed by atoms with Crippen LogP contribution in [0.15, 0.2) is 4.47 Å². The first kappa shape index (κ1) is 15.9. The first-order valence-electron chi connectivity index (χ1n) is 7.43. The minimum atomic E-state index is 0.257. The van der Waals surface area contributed by atoms with E-state index in [2.05, 4.69) is 42.4 Å². The molecule has 0 aromatic carbocycles. The van der Waals surface area contributed by atoms with Gasteiger partial charge in [-0.05, 0) is 49.3 Å². The highest BCUT2D eigenvalue weighted by molar-refractivity contribution is 9.10. The lowest BCUT2D eigenvalue weighted by Gasteiger charge is -2.21. The van der Waals surface area contributed by atoms with Gasteiger partial charge < -0.3 is 5.11 Å². The lowest BCUT2D eigenvalue weighted by atomic mass is 10.3. The van der Waals surface area contributed by atoms with Crippen molar-refractivity contribution in [2.24, 2.45) is 0 Å². The summed E-state index contributed by atoms with van der Waals surface area (Å²) in [5.74, 6) is 0. The van der Waals surface area contributed by atoms with E-state index in [4.69, 9.17) is 5.11 Å². The van der Waals surface area contributed by atoms with Crippen LogP contribution in [0.1, 0.15) is 24.7 Å². The lowest BCUT2D eigenvalue weighted by Crippen LogP contribution is -2.32. The van der Waals surface area contributed by atoms with Crippen LogP contribution in [0.2, 0.25) is 0 Å². The fraction of sp³-hybridized carbons (Fsp3) is 0.786. The van der Waals surface area contributed by atoms with Gasteiger partial charge in [-0.1, -0.05) is 0 Å². The molecule has 1 aliphatic heterocycles. The zero-order valence-corrected chi connectivity index (χ0v) is 14.1. The van der Waals surface area contributed by atoms with Crippen LogP contribution >= 0.6 is 15.9 Å². The van der Waals surface area contributed by atoms with Crippen molar-refractivity contribution in [2.45, 2.75) is 33.4 Å². The van der Waals surface area contributed by atoms with Gasteiger partial charge in [0, 0.05) is 32.7 Å². The molecular formula is C14H25BrN4O. The molecule has 5 nitrogen and oxygen atoms in total. The number of nitrogens with zero attached hydrogens (tertiary/aromatic N) is 4. The van der Waals surface area contributed by atoms with E-state index >= 15 is 0 Å². The summed E-state index contributed by atoms with van der Waals surface area (Å²) in [5.41, 5.74) is 2.35. The van der Waals surface area contributed by atoms with Gasteiger partial charge in [-0.15, -0.1) is 0 Å². The van der Waals surface area contributed by atoms with Crippen LogP contribution in [0.3, 0.4) is 0 Å². The van der Waals surface area contributed by atoms with Crippen LogP contribution < -0.4 is 0 Å². The topological polar surface area (TPSA) is 44.5 Å².